The summed E-state index contributed by atoms with van der Waals surface area (Å²) in [6, 6.07) is 0. The van der Waals surface area contributed by atoms with Crippen molar-refractivity contribution in [2.75, 3.05) is 0 Å². The molecule has 2 nitrogen and oxygen atoms in total. The highest BCUT2D eigenvalue weighted by molar-refractivity contribution is 5.40. The Kier molecular flexibility index (Phi) is 3.76. The molecule has 0 amide bonds. The molecule has 0 saturated carbocycles. The Bertz CT molecular complexity index is 114. The Morgan fingerprint density at radius 3 is 2.56 bits per heavy atom. The molecule has 2 heteroatoms. The van der Waals surface area contributed by atoms with Gasteiger partial charge in [-0.2, -0.15) is 0 Å². The van der Waals surface area contributed by atoms with Gasteiger partial charge < -0.3 is 4.74 Å². The monoisotopic (exact) mass is 127 g/mol. The van der Waals surface area contributed by atoms with Crippen molar-refractivity contribution >= 4 is 6.47 Å². The fourth-order valence-corrected chi connectivity index (χ4v) is 0.569. The molecule has 0 aromatic carbocycles. The van der Waals surface area contributed by atoms with Crippen molar-refractivity contribution < 1.29 is 9.53 Å². The van der Waals surface area contributed by atoms with E-state index in [1.165, 1.54) is 6.47 Å². The number of rotatable bonds is 3. The first-order chi connectivity index (χ1) is 4.16. The lowest BCUT2D eigenvalue weighted by Gasteiger charge is -1.97. The lowest BCUT2D eigenvalue weighted by Crippen LogP contribution is -1.87. The van der Waals surface area contributed by atoms with Gasteiger partial charge in [-0.15, -0.1) is 0 Å². The maximum absolute atomic E-state index is 9.61. The summed E-state index contributed by atoms with van der Waals surface area (Å²) >= 11 is 0. The molecule has 9 heavy (non-hydrogen) atoms. The fourth-order valence-electron chi connectivity index (χ4n) is 0.569. The Balaban J connectivity index is 3.68. The van der Waals surface area contributed by atoms with E-state index in [0.29, 0.717) is 11.7 Å². The van der Waals surface area contributed by atoms with Crippen molar-refractivity contribution in [3.8, 4) is 0 Å². The van der Waals surface area contributed by atoms with Gasteiger partial charge in [0.05, 0.1) is 0 Å². The Morgan fingerprint density at radius 1 is 1.67 bits per heavy atom. The summed E-state index contributed by atoms with van der Waals surface area (Å²) in [4.78, 5) is 9.61. The third-order valence-corrected chi connectivity index (χ3v) is 0.771. The SMILES string of the molecule is C/C(=C\C(C)C)O[C]=O. The molecule has 0 N–H and O–H groups in total. The second-order valence-corrected chi connectivity index (χ2v) is 2.21. The van der Waals surface area contributed by atoms with Crippen LogP contribution in [0.1, 0.15) is 20.8 Å². The number of ether oxygens (including phenoxy) is 1. The van der Waals surface area contributed by atoms with E-state index in [2.05, 4.69) is 4.74 Å². The third kappa shape index (κ3) is 5.07. The smallest absolute Gasteiger partial charge is 0.422 e. The molecule has 1 radical (unpaired) electrons. The van der Waals surface area contributed by atoms with Crippen molar-refractivity contribution in [1.29, 1.82) is 0 Å². The van der Waals surface area contributed by atoms with Gasteiger partial charge in [0.1, 0.15) is 5.76 Å². The topological polar surface area (TPSA) is 26.3 Å². The van der Waals surface area contributed by atoms with Gasteiger partial charge in [0.15, 0.2) is 0 Å². The summed E-state index contributed by atoms with van der Waals surface area (Å²) < 4.78 is 4.41. The van der Waals surface area contributed by atoms with Crippen LogP contribution < -0.4 is 0 Å². The minimum Gasteiger partial charge on any atom is -0.423 e. The first-order valence-corrected chi connectivity index (χ1v) is 2.89. The van der Waals surface area contributed by atoms with Crippen LogP contribution in [0.25, 0.3) is 0 Å². The molecule has 0 aromatic rings. The van der Waals surface area contributed by atoms with E-state index < -0.39 is 0 Å². The van der Waals surface area contributed by atoms with Crippen molar-refractivity contribution in [1.82, 2.24) is 0 Å². The second kappa shape index (κ2) is 4.13. The first kappa shape index (κ1) is 8.21. The average molecular weight is 127 g/mol. The minimum absolute atomic E-state index is 0.415. The highest BCUT2D eigenvalue weighted by atomic mass is 16.5. The van der Waals surface area contributed by atoms with Crippen LogP contribution in [0.2, 0.25) is 0 Å². The highest BCUT2D eigenvalue weighted by Gasteiger charge is 1.90. The van der Waals surface area contributed by atoms with Crippen molar-refractivity contribution in [2.45, 2.75) is 20.8 Å². The molecule has 0 bridgehead atoms. The number of hydrogen-bond donors (Lipinski definition) is 0. The molecule has 0 saturated heterocycles. The van der Waals surface area contributed by atoms with Crippen LogP contribution in [-0.4, -0.2) is 6.47 Å². The Labute approximate surface area is 55.5 Å². The van der Waals surface area contributed by atoms with Crippen LogP contribution >= 0.6 is 0 Å². The van der Waals surface area contributed by atoms with E-state index in [0.717, 1.165) is 0 Å². The summed E-state index contributed by atoms with van der Waals surface area (Å²) in [5, 5.41) is 0. The molecule has 0 fully saturated rings. The minimum atomic E-state index is 0.415. The lowest BCUT2D eigenvalue weighted by atomic mass is 10.2. The molecule has 0 atom stereocenters. The average Bonchev–Trinajstić information content (AvgIpc) is 1.63. The predicted molar refractivity (Wildman–Crippen MR) is 35.4 cm³/mol. The van der Waals surface area contributed by atoms with Crippen molar-refractivity contribution in [3.05, 3.63) is 11.8 Å². The van der Waals surface area contributed by atoms with Gasteiger partial charge in [-0.05, 0) is 18.9 Å². The standard InChI is InChI=1S/C7H11O2/c1-6(2)4-7(3)9-5-8/h4,6H,1-3H3/b7-4+. The molecule has 0 rings (SSSR count). The normalized spacial score (nSPS) is 11.8. The van der Waals surface area contributed by atoms with Gasteiger partial charge in [-0.1, -0.05) is 13.8 Å². The zero-order chi connectivity index (χ0) is 7.28. The van der Waals surface area contributed by atoms with Gasteiger partial charge in [0.25, 0.3) is 0 Å². The van der Waals surface area contributed by atoms with Crippen LogP contribution in [0.15, 0.2) is 11.8 Å². The second-order valence-electron chi connectivity index (χ2n) is 2.21. The molecule has 0 aliphatic rings. The quantitative estimate of drug-likeness (QED) is 0.538. The molecule has 0 spiro atoms. The van der Waals surface area contributed by atoms with Crippen molar-refractivity contribution in [3.63, 3.8) is 0 Å². The van der Waals surface area contributed by atoms with Crippen molar-refractivity contribution in [2.24, 2.45) is 5.92 Å². The highest BCUT2D eigenvalue weighted by Crippen LogP contribution is 2.00. The Hall–Kier alpha value is -0.790. The van der Waals surface area contributed by atoms with E-state index >= 15 is 0 Å². The Morgan fingerprint density at radius 2 is 2.22 bits per heavy atom. The molecular formula is C7H11O2. The summed E-state index contributed by atoms with van der Waals surface area (Å²) in [6.07, 6.45) is 1.85. The third-order valence-electron chi connectivity index (χ3n) is 0.771. The number of hydrogen-bond acceptors (Lipinski definition) is 2. The fraction of sp³-hybridized carbons (Fsp3) is 0.571. The number of allylic oxidation sites excluding steroid dienone is 2. The number of carbonyl (C=O) groups excluding carboxylic acids is 1. The van der Waals surface area contributed by atoms with E-state index in [1.54, 1.807) is 6.92 Å². The molecule has 0 aromatic heterocycles. The summed E-state index contributed by atoms with van der Waals surface area (Å²) in [5.41, 5.74) is 0. The molecular weight excluding hydrogens is 116 g/mol. The van der Waals surface area contributed by atoms with Crippen LogP contribution in [0.5, 0.6) is 0 Å². The van der Waals surface area contributed by atoms with Gasteiger partial charge in [-0.3, -0.25) is 0 Å². The largest absolute Gasteiger partial charge is 0.423 e. The van der Waals surface area contributed by atoms with Crippen LogP contribution in [0.3, 0.4) is 0 Å². The van der Waals surface area contributed by atoms with E-state index in [4.69, 9.17) is 0 Å². The maximum atomic E-state index is 9.61. The van der Waals surface area contributed by atoms with E-state index in [-0.39, 0.29) is 0 Å². The van der Waals surface area contributed by atoms with Gasteiger partial charge in [-0.25, -0.2) is 4.79 Å². The first-order valence-electron chi connectivity index (χ1n) is 2.89. The maximum Gasteiger partial charge on any atom is 0.422 e. The predicted octanol–water partition coefficient (Wildman–Crippen LogP) is 1.63. The lowest BCUT2D eigenvalue weighted by molar-refractivity contribution is 0.360. The summed E-state index contributed by atoms with van der Waals surface area (Å²) in [6.45, 7) is 7.10. The van der Waals surface area contributed by atoms with E-state index in [1.807, 2.05) is 19.9 Å². The molecule has 0 heterocycles. The molecule has 51 valence electrons. The van der Waals surface area contributed by atoms with Gasteiger partial charge >= 0.3 is 6.47 Å². The molecule has 0 aliphatic heterocycles. The zero-order valence-corrected chi connectivity index (χ0v) is 5.97. The van der Waals surface area contributed by atoms with E-state index in [9.17, 15) is 4.79 Å². The molecule has 0 unspecified atom stereocenters. The summed E-state index contributed by atoms with van der Waals surface area (Å²) in [5.74, 6) is 1.03. The van der Waals surface area contributed by atoms with Crippen LogP contribution in [0.4, 0.5) is 0 Å². The summed E-state index contributed by atoms with van der Waals surface area (Å²) in [7, 11) is 0. The van der Waals surface area contributed by atoms with Gasteiger partial charge in [0.2, 0.25) is 0 Å². The van der Waals surface area contributed by atoms with Crippen LogP contribution in [-0.2, 0) is 9.53 Å². The molecule has 0 aliphatic carbocycles. The van der Waals surface area contributed by atoms with Crippen LogP contribution in [0, 0.1) is 5.92 Å². The zero-order valence-electron chi connectivity index (χ0n) is 5.97. The van der Waals surface area contributed by atoms with Gasteiger partial charge in [0, 0.05) is 0 Å².